The van der Waals surface area contributed by atoms with Crippen molar-refractivity contribution in [2.45, 2.75) is 39.2 Å². The summed E-state index contributed by atoms with van der Waals surface area (Å²) in [5.41, 5.74) is -0.0162. The predicted molar refractivity (Wildman–Crippen MR) is 115 cm³/mol. The zero-order valence-corrected chi connectivity index (χ0v) is 18.4. The summed E-state index contributed by atoms with van der Waals surface area (Å²) < 4.78 is 0. The highest BCUT2D eigenvalue weighted by atomic mass is 16.2. The summed E-state index contributed by atoms with van der Waals surface area (Å²) in [6.07, 6.45) is 6.15. The van der Waals surface area contributed by atoms with Crippen LogP contribution in [0.5, 0.6) is 0 Å². The van der Waals surface area contributed by atoms with Crippen LogP contribution in [0.25, 0.3) is 0 Å². The lowest BCUT2D eigenvalue weighted by Gasteiger charge is -2.24. The molecular weight excluding hydrogens is 380 g/mol. The maximum Gasteiger partial charge on any atom is 0.237 e. The minimum absolute atomic E-state index is 0.0162. The molecule has 3 fully saturated rings. The van der Waals surface area contributed by atoms with Crippen molar-refractivity contribution in [1.29, 1.82) is 0 Å². The van der Waals surface area contributed by atoms with Crippen molar-refractivity contribution >= 4 is 17.8 Å². The van der Waals surface area contributed by atoms with E-state index in [0.717, 1.165) is 57.9 Å². The molecule has 3 atom stereocenters. The molecule has 2 aliphatic heterocycles. The lowest BCUT2D eigenvalue weighted by molar-refractivity contribution is -0.133. The van der Waals surface area contributed by atoms with Gasteiger partial charge in [0.05, 0.1) is 6.04 Å². The molecule has 164 valence electrons. The van der Waals surface area contributed by atoms with Crippen LogP contribution in [0.2, 0.25) is 0 Å². The highest BCUT2D eigenvalue weighted by molar-refractivity contribution is 5.85. The number of hydrogen-bond acceptors (Lipinski definition) is 6. The number of likely N-dealkylation sites (N-methyl/N-ethyl adjacent to an activating group) is 1. The van der Waals surface area contributed by atoms with Crippen LogP contribution in [0.3, 0.4) is 0 Å². The Morgan fingerprint density at radius 2 is 1.93 bits per heavy atom. The van der Waals surface area contributed by atoms with E-state index in [1.165, 1.54) is 0 Å². The van der Waals surface area contributed by atoms with E-state index in [1.54, 1.807) is 19.4 Å². The van der Waals surface area contributed by atoms with Crippen LogP contribution >= 0.6 is 0 Å². The molecule has 1 N–H and O–H groups in total. The lowest BCUT2D eigenvalue weighted by atomic mass is 9.98. The van der Waals surface area contributed by atoms with Crippen molar-refractivity contribution < 1.29 is 9.59 Å². The molecule has 1 aromatic rings. The van der Waals surface area contributed by atoms with Gasteiger partial charge in [0.15, 0.2) is 0 Å². The number of nitrogens with one attached hydrogen (secondary N) is 1. The number of aromatic nitrogens is 2. The molecule has 1 saturated carbocycles. The quantitative estimate of drug-likeness (QED) is 0.774. The van der Waals surface area contributed by atoms with E-state index >= 15 is 0 Å². The first kappa shape index (κ1) is 21.0. The van der Waals surface area contributed by atoms with Gasteiger partial charge < -0.3 is 15.1 Å². The number of rotatable bonds is 5. The summed E-state index contributed by atoms with van der Waals surface area (Å²) >= 11 is 0. The smallest absolute Gasteiger partial charge is 0.237 e. The van der Waals surface area contributed by atoms with E-state index in [-0.39, 0.29) is 29.2 Å². The third-order valence-electron chi connectivity index (χ3n) is 6.84. The summed E-state index contributed by atoms with van der Waals surface area (Å²) in [6.45, 7) is 9.23. The predicted octanol–water partition coefficient (Wildman–Crippen LogP) is 0.998. The SMILES string of the molecule is CNC(=O)[C@@H]1C[C@@]2(C[C@@H]2C(=O)N2CCCN(c3ncccn3)CC2)CN1CC(C)C. The van der Waals surface area contributed by atoms with E-state index in [9.17, 15) is 9.59 Å². The number of nitrogens with zero attached hydrogens (tertiary/aromatic N) is 5. The number of amides is 2. The van der Waals surface area contributed by atoms with Crippen LogP contribution in [0, 0.1) is 17.3 Å². The van der Waals surface area contributed by atoms with E-state index in [4.69, 9.17) is 0 Å². The second kappa shape index (κ2) is 8.49. The second-order valence-electron chi connectivity index (χ2n) is 9.49. The van der Waals surface area contributed by atoms with Crippen LogP contribution in [0.15, 0.2) is 18.5 Å². The van der Waals surface area contributed by atoms with E-state index in [2.05, 4.69) is 38.9 Å². The number of anilines is 1. The number of carbonyl (C=O) groups excluding carboxylic acids is 2. The van der Waals surface area contributed by atoms with Crippen LogP contribution in [0.1, 0.15) is 33.1 Å². The van der Waals surface area contributed by atoms with Gasteiger partial charge in [0, 0.05) is 64.6 Å². The van der Waals surface area contributed by atoms with Crippen molar-refractivity contribution in [2.24, 2.45) is 17.3 Å². The molecule has 0 aromatic carbocycles. The van der Waals surface area contributed by atoms with E-state index in [0.29, 0.717) is 12.5 Å². The Bertz CT molecular complexity index is 772. The first-order valence-corrected chi connectivity index (χ1v) is 11.2. The zero-order valence-electron chi connectivity index (χ0n) is 18.4. The average molecular weight is 415 g/mol. The highest BCUT2D eigenvalue weighted by Crippen LogP contribution is 2.60. The monoisotopic (exact) mass is 414 g/mol. The Morgan fingerprint density at radius 1 is 1.17 bits per heavy atom. The van der Waals surface area contributed by atoms with Crippen LogP contribution in [-0.2, 0) is 9.59 Å². The van der Waals surface area contributed by atoms with Crippen molar-refractivity contribution in [3.63, 3.8) is 0 Å². The molecule has 2 saturated heterocycles. The largest absolute Gasteiger partial charge is 0.358 e. The summed E-state index contributed by atoms with van der Waals surface area (Å²) in [6, 6.07) is 1.71. The summed E-state index contributed by atoms with van der Waals surface area (Å²) in [7, 11) is 1.70. The van der Waals surface area contributed by atoms with Crippen LogP contribution in [0.4, 0.5) is 5.95 Å². The van der Waals surface area contributed by atoms with Gasteiger partial charge in [-0.15, -0.1) is 0 Å². The van der Waals surface area contributed by atoms with E-state index < -0.39 is 0 Å². The molecule has 30 heavy (non-hydrogen) atoms. The van der Waals surface area contributed by atoms with Crippen molar-refractivity contribution in [3.8, 4) is 0 Å². The minimum atomic E-state index is -0.106. The first-order chi connectivity index (χ1) is 14.4. The number of hydrogen-bond donors (Lipinski definition) is 1. The van der Waals surface area contributed by atoms with Gasteiger partial charge in [0.1, 0.15) is 0 Å². The van der Waals surface area contributed by atoms with E-state index in [1.807, 2.05) is 11.0 Å². The molecule has 1 spiro atoms. The molecule has 8 heteroatoms. The Balaban J connectivity index is 1.38. The molecule has 1 aromatic heterocycles. The summed E-state index contributed by atoms with van der Waals surface area (Å²) in [5.74, 6) is 1.65. The lowest BCUT2D eigenvalue weighted by Crippen LogP contribution is -2.43. The fourth-order valence-corrected chi connectivity index (χ4v) is 5.29. The minimum Gasteiger partial charge on any atom is -0.358 e. The topological polar surface area (TPSA) is 81.7 Å². The molecule has 4 rings (SSSR count). The molecule has 8 nitrogen and oxygen atoms in total. The summed E-state index contributed by atoms with van der Waals surface area (Å²) in [4.78, 5) is 41.0. The third-order valence-corrected chi connectivity index (χ3v) is 6.84. The molecular formula is C22H34N6O2. The molecule has 0 radical (unpaired) electrons. The Labute approximate surface area is 179 Å². The maximum atomic E-state index is 13.3. The first-order valence-electron chi connectivity index (χ1n) is 11.2. The number of likely N-dealkylation sites (tertiary alicyclic amines) is 1. The van der Waals surface area contributed by atoms with Gasteiger partial charge in [-0.05, 0) is 36.7 Å². The maximum absolute atomic E-state index is 13.3. The van der Waals surface area contributed by atoms with Gasteiger partial charge in [-0.2, -0.15) is 0 Å². The van der Waals surface area contributed by atoms with Gasteiger partial charge in [0.25, 0.3) is 0 Å². The molecule has 0 bridgehead atoms. The molecule has 1 aliphatic carbocycles. The molecule has 3 heterocycles. The van der Waals surface area contributed by atoms with Gasteiger partial charge in [-0.25, -0.2) is 9.97 Å². The summed E-state index contributed by atoms with van der Waals surface area (Å²) in [5, 5.41) is 2.82. The molecule has 2 amide bonds. The van der Waals surface area contributed by atoms with Crippen molar-refractivity contribution in [3.05, 3.63) is 18.5 Å². The van der Waals surface area contributed by atoms with Gasteiger partial charge in [-0.3, -0.25) is 14.5 Å². The van der Waals surface area contributed by atoms with Crippen molar-refractivity contribution in [2.75, 3.05) is 51.2 Å². The van der Waals surface area contributed by atoms with Gasteiger partial charge in [-0.1, -0.05) is 13.8 Å². The normalized spacial score (nSPS) is 29.3. The van der Waals surface area contributed by atoms with Gasteiger partial charge >= 0.3 is 0 Å². The fraction of sp³-hybridized carbons (Fsp3) is 0.727. The van der Waals surface area contributed by atoms with Crippen LogP contribution in [-0.4, -0.2) is 83.9 Å². The molecule has 3 aliphatic rings. The molecule has 0 unspecified atom stereocenters. The average Bonchev–Trinajstić information content (AvgIpc) is 3.40. The van der Waals surface area contributed by atoms with Gasteiger partial charge in [0.2, 0.25) is 17.8 Å². The standard InChI is InChI=1S/C22H34N6O2/c1-16(2)14-28-15-22(13-18(28)19(29)23-3)12-17(22)20(30)26-8-5-9-27(11-10-26)21-24-6-4-7-25-21/h4,6-7,16-18H,5,8-15H2,1-3H3,(H,23,29)/t17-,18+,22+/m1/s1. The Kier molecular flexibility index (Phi) is 5.95. The van der Waals surface area contributed by atoms with Crippen LogP contribution < -0.4 is 10.2 Å². The third kappa shape index (κ3) is 4.15. The fourth-order valence-electron chi connectivity index (χ4n) is 5.29. The Morgan fingerprint density at radius 3 is 2.63 bits per heavy atom. The Hall–Kier alpha value is -2.22. The second-order valence-corrected chi connectivity index (χ2v) is 9.49. The van der Waals surface area contributed by atoms with Crippen molar-refractivity contribution in [1.82, 2.24) is 25.1 Å². The highest BCUT2D eigenvalue weighted by Gasteiger charge is 2.64. The zero-order chi connectivity index (χ0) is 21.3. The number of carbonyl (C=O) groups is 2.